The molecule has 2 aromatic heterocycles. The van der Waals surface area contributed by atoms with Crippen LogP contribution in [0.25, 0.3) is 27.5 Å². The van der Waals surface area contributed by atoms with E-state index in [-0.39, 0.29) is 18.1 Å². The van der Waals surface area contributed by atoms with E-state index < -0.39 is 5.97 Å². The quantitative estimate of drug-likeness (QED) is 0.560. The van der Waals surface area contributed by atoms with Gasteiger partial charge in [-0.1, -0.05) is 36.4 Å². The molecule has 2 aromatic carbocycles. The van der Waals surface area contributed by atoms with E-state index in [1.165, 1.54) is 0 Å². The summed E-state index contributed by atoms with van der Waals surface area (Å²) >= 11 is 0. The summed E-state index contributed by atoms with van der Waals surface area (Å²) in [6, 6.07) is 17.6. The van der Waals surface area contributed by atoms with Crippen molar-refractivity contribution < 1.29 is 14.6 Å². The Kier molecular flexibility index (Phi) is 3.84. The number of aryl methyl sites for hydroxylation is 1. The van der Waals surface area contributed by atoms with Crippen LogP contribution in [-0.4, -0.2) is 27.2 Å². The number of aromatic nitrogens is 2. The number of carbonyl (C=O) groups excluding carboxylic acids is 1. The van der Waals surface area contributed by atoms with Crippen molar-refractivity contribution >= 4 is 27.8 Å². The van der Waals surface area contributed by atoms with Crippen LogP contribution in [0.1, 0.15) is 23.1 Å². The molecule has 0 atom stereocenters. The predicted octanol–water partition coefficient (Wildman–Crippen LogP) is 4.37. The third-order valence-electron chi connectivity index (χ3n) is 4.45. The first-order chi connectivity index (χ1) is 12.6. The Morgan fingerprint density at radius 2 is 1.81 bits per heavy atom. The fourth-order valence-electron chi connectivity index (χ4n) is 3.41. The zero-order valence-corrected chi connectivity index (χ0v) is 14.6. The summed E-state index contributed by atoms with van der Waals surface area (Å²) in [4.78, 5) is 16.6. The van der Waals surface area contributed by atoms with Crippen LogP contribution in [-0.2, 0) is 4.74 Å². The van der Waals surface area contributed by atoms with Gasteiger partial charge >= 0.3 is 5.97 Å². The fraction of sp³-hybridized carbons (Fsp3) is 0.143. The number of fused-ring (bicyclic) bond motifs is 3. The molecule has 5 nitrogen and oxygen atoms in total. The molecule has 0 amide bonds. The number of rotatable bonds is 3. The summed E-state index contributed by atoms with van der Waals surface area (Å²) in [5.41, 5.74) is 3.01. The summed E-state index contributed by atoms with van der Waals surface area (Å²) in [6.07, 6.45) is 0. The second-order valence-corrected chi connectivity index (χ2v) is 6.03. The maximum atomic E-state index is 12.3. The van der Waals surface area contributed by atoms with Gasteiger partial charge in [-0.25, -0.2) is 9.78 Å². The van der Waals surface area contributed by atoms with Crippen molar-refractivity contribution in [1.29, 1.82) is 0 Å². The number of hydrogen-bond acceptors (Lipinski definition) is 4. The van der Waals surface area contributed by atoms with Gasteiger partial charge in [0.05, 0.1) is 12.1 Å². The Hall–Kier alpha value is -3.34. The number of carbonyl (C=O) groups is 1. The van der Waals surface area contributed by atoms with Gasteiger partial charge in [0, 0.05) is 22.2 Å². The fourth-order valence-corrected chi connectivity index (χ4v) is 3.41. The Labute approximate surface area is 150 Å². The molecule has 5 heteroatoms. The van der Waals surface area contributed by atoms with E-state index in [0.29, 0.717) is 11.2 Å². The van der Waals surface area contributed by atoms with E-state index in [0.717, 1.165) is 22.0 Å². The van der Waals surface area contributed by atoms with E-state index in [2.05, 4.69) is 4.98 Å². The molecular weight excluding hydrogens is 328 g/mol. The van der Waals surface area contributed by atoms with Crippen molar-refractivity contribution in [2.24, 2.45) is 0 Å². The highest BCUT2D eigenvalue weighted by Gasteiger charge is 2.24. The maximum absolute atomic E-state index is 12.3. The molecule has 0 aliphatic rings. The smallest absolute Gasteiger partial charge is 0.360 e. The van der Waals surface area contributed by atoms with Gasteiger partial charge in [-0.15, -0.1) is 0 Å². The second kappa shape index (κ2) is 6.19. The van der Waals surface area contributed by atoms with Gasteiger partial charge in [0.1, 0.15) is 5.52 Å². The summed E-state index contributed by atoms with van der Waals surface area (Å²) in [5.74, 6) is -0.788. The molecule has 130 valence electrons. The van der Waals surface area contributed by atoms with Crippen molar-refractivity contribution in [3.05, 3.63) is 66.0 Å². The average molecular weight is 346 g/mol. The van der Waals surface area contributed by atoms with Crippen LogP contribution < -0.4 is 0 Å². The number of aromatic hydroxyl groups is 1. The molecule has 0 saturated carbocycles. The standard InChI is InChI=1S/C21H18N2O3/c1-3-26-21(25)18-20(24)19-17(13(2)22-18)15-11-7-8-12-16(15)23(19)14-9-5-4-6-10-14/h4-12,24H,3H2,1-2H3. The molecule has 1 N–H and O–H groups in total. The van der Waals surface area contributed by atoms with Crippen LogP contribution in [0.3, 0.4) is 0 Å². The van der Waals surface area contributed by atoms with Crippen LogP contribution in [0.2, 0.25) is 0 Å². The molecule has 4 aromatic rings. The number of hydrogen-bond donors (Lipinski definition) is 1. The zero-order valence-electron chi connectivity index (χ0n) is 14.6. The lowest BCUT2D eigenvalue weighted by Crippen LogP contribution is -2.09. The van der Waals surface area contributed by atoms with Crippen molar-refractivity contribution in [2.45, 2.75) is 13.8 Å². The van der Waals surface area contributed by atoms with E-state index >= 15 is 0 Å². The largest absolute Gasteiger partial charge is 0.504 e. The molecule has 0 aliphatic carbocycles. The minimum Gasteiger partial charge on any atom is -0.504 e. The van der Waals surface area contributed by atoms with E-state index in [9.17, 15) is 9.90 Å². The van der Waals surface area contributed by atoms with Crippen molar-refractivity contribution in [3.63, 3.8) is 0 Å². The summed E-state index contributed by atoms with van der Waals surface area (Å²) < 4.78 is 7.02. The van der Waals surface area contributed by atoms with Crippen LogP contribution >= 0.6 is 0 Å². The first-order valence-electron chi connectivity index (χ1n) is 8.48. The molecular formula is C21H18N2O3. The topological polar surface area (TPSA) is 64.3 Å². The Bertz CT molecular complexity index is 1130. The van der Waals surface area contributed by atoms with Crippen molar-refractivity contribution in [3.8, 4) is 11.4 Å². The Balaban J connectivity index is 2.18. The van der Waals surface area contributed by atoms with Gasteiger partial charge in [-0.05, 0) is 32.0 Å². The van der Waals surface area contributed by atoms with Gasteiger partial charge in [-0.3, -0.25) is 0 Å². The van der Waals surface area contributed by atoms with Crippen LogP contribution in [0.5, 0.6) is 5.75 Å². The van der Waals surface area contributed by atoms with Crippen LogP contribution in [0.4, 0.5) is 0 Å². The van der Waals surface area contributed by atoms with Crippen LogP contribution in [0.15, 0.2) is 54.6 Å². The zero-order chi connectivity index (χ0) is 18.3. The molecule has 0 spiro atoms. The first kappa shape index (κ1) is 16.1. The van der Waals surface area contributed by atoms with Gasteiger partial charge in [0.15, 0.2) is 11.4 Å². The number of ether oxygens (including phenoxy) is 1. The number of para-hydroxylation sites is 2. The molecule has 0 unspecified atom stereocenters. The molecule has 0 bridgehead atoms. The minimum atomic E-state index is -0.625. The highest BCUT2D eigenvalue weighted by molar-refractivity contribution is 6.14. The molecule has 26 heavy (non-hydrogen) atoms. The summed E-state index contributed by atoms with van der Waals surface area (Å²) in [6.45, 7) is 3.78. The lowest BCUT2D eigenvalue weighted by molar-refractivity contribution is 0.0516. The first-order valence-corrected chi connectivity index (χ1v) is 8.48. The van der Waals surface area contributed by atoms with Gasteiger partial charge in [0.25, 0.3) is 0 Å². The Morgan fingerprint density at radius 3 is 2.54 bits per heavy atom. The van der Waals surface area contributed by atoms with Gasteiger partial charge in [0.2, 0.25) is 0 Å². The highest BCUT2D eigenvalue weighted by Crippen LogP contribution is 2.39. The number of esters is 1. The lowest BCUT2D eigenvalue weighted by atomic mass is 10.1. The minimum absolute atomic E-state index is 0.0585. The van der Waals surface area contributed by atoms with Gasteiger partial charge < -0.3 is 14.4 Å². The SMILES string of the molecule is CCOC(=O)c1nc(C)c2c3ccccc3n(-c3ccccc3)c2c1O. The highest BCUT2D eigenvalue weighted by atomic mass is 16.5. The normalized spacial score (nSPS) is 11.2. The second-order valence-electron chi connectivity index (χ2n) is 6.03. The maximum Gasteiger partial charge on any atom is 0.360 e. The Morgan fingerprint density at radius 1 is 1.12 bits per heavy atom. The monoisotopic (exact) mass is 346 g/mol. The molecule has 4 rings (SSSR count). The lowest BCUT2D eigenvalue weighted by Gasteiger charge is -2.11. The number of pyridine rings is 1. The molecule has 2 heterocycles. The van der Waals surface area contributed by atoms with E-state index in [1.807, 2.05) is 66.1 Å². The molecule has 0 fully saturated rings. The van der Waals surface area contributed by atoms with Crippen molar-refractivity contribution in [2.75, 3.05) is 6.61 Å². The van der Waals surface area contributed by atoms with E-state index in [4.69, 9.17) is 4.74 Å². The summed E-state index contributed by atoms with van der Waals surface area (Å²) in [7, 11) is 0. The summed E-state index contributed by atoms with van der Waals surface area (Å²) in [5, 5.41) is 12.7. The average Bonchev–Trinajstić information content (AvgIpc) is 3.01. The number of nitrogens with zero attached hydrogens (tertiary/aromatic N) is 2. The molecule has 0 saturated heterocycles. The van der Waals surface area contributed by atoms with Crippen molar-refractivity contribution in [1.82, 2.24) is 9.55 Å². The van der Waals surface area contributed by atoms with E-state index in [1.54, 1.807) is 6.92 Å². The predicted molar refractivity (Wildman–Crippen MR) is 101 cm³/mol. The molecule has 0 aliphatic heterocycles. The third-order valence-corrected chi connectivity index (χ3v) is 4.45. The number of benzene rings is 2. The van der Waals surface area contributed by atoms with Gasteiger partial charge in [-0.2, -0.15) is 0 Å². The molecule has 0 radical (unpaired) electrons. The third kappa shape index (κ3) is 2.32. The van der Waals surface area contributed by atoms with Crippen LogP contribution in [0, 0.1) is 6.92 Å².